The zero-order valence-electron chi connectivity index (χ0n) is 16.5. The molecule has 148 valence electrons. The molecule has 6 nitrogen and oxygen atoms in total. The lowest BCUT2D eigenvalue weighted by Crippen LogP contribution is -2.22. The van der Waals surface area contributed by atoms with Gasteiger partial charge in [-0.3, -0.25) is 4.79 Å². The Morgan fingerprint density at radius 3 is 2.46 bits per heavy atom. The van der Waals surface area contributed by atoms with Crippen molar-refractivity contribution in [2.75, 3.05) is 44.6 Å². The average Bonchev–Trinajstić information content (AvgIpc) is 3.22. The first-order valence-electron chi connectivity index (χ1n) is 9.22. The molecular weight excluding hydrogens is 356 g/mol. The van der Waals surface area contributed by atoms with Gasteiger partial charge in [-0.2, -0.15) is 0 Å². The van der Waals surface area contributed by atoms with Crippen molar-refractivity contribution >= 4 is 23.4 Å². The van der Waals surface area contributed by atoms with Crippen molar-refractivity contribution < 1.29 is 19.0 Å². The summed E-state index contributed by atoms with van der Waals surface area (Å²) in [6.45, 7) is 1.88. The van der Waals surface area contributed by atoms with Crippen molar-refractivity contribution in [2.24, 2.45) is 0 Å². The molecule has 6 heteroatoms. The van der Waals surface area contributed by atoms with E-state index in [-0.39, 0.29) is 5.91 Å². The first-order valence-corrected chi connectivity index (χ1v) is 9.22. The van der Waals surface area contributed by atoms with Crippen LogP contribution < -0.4 is 19.7 Å². The minimum Gasteiger partial charge on any atom is -0.493 e. The Kier molecular flexibility index (Phi) is 6.55. The summed E-state index contributed by atoms with van der Waals surface area (Å²) < 4.78 is 15.9. The third kappa shape index (κ3) is 4.84. The molecule has 1 atom stereocenters. The number of nitrogens with one attached hydrogen (secondary N) is 1. The summed E-state index contributed by atoms with van der Waals surface area (Å²) >= 11 is 0. The van der Waals surface area contributed by atoms with Crippen molar-refractivity contribution in [1.29, 1.82) is 0 Å². The Hall–Kier alpha value is -2.99. The topological polar surface area (TPSA) is 60.0 Å². The number of carbonyl (C=O) groups excluding carboxylic acids is 1. The molecule has 1 unspecified atom stereocenters. The number of rotatable bonds is 7. The lowest BCUT2D eigenvalue weighted by atomic mass is 10.2. The Morgan fingerprint density at radius 1 is 1.07 bits per heavy atom. The zero-order valence-corrected chi connectivity index (χ0v) is 16.5. The molecule has 1 aliphatic rings. The van der Waals surface area contributed by atoms with Gasteiger partial charge in [0.15, 0.2) is 11.5 Å². The van der Waals surface area contributed by atoms with Gasteiger partial charge in [0.2, 0.25) is 5.91 Å². The van der Waals surface area contributed by atoms with E-state index in [1.807, 2.05) is 42.5 Å². The molecule has 2 aromatic rings. The number of ether oxygens (including phenoxy) is 3. The maximum Gasteiger partial charge on any atom is 0.248 e. The number of benzene rings is 2. The summed E-state index contributed by atoms with van der Waals surface area (Å²) in [7, 11) is 4.92. The number of amides is 1. The molecule has 1 amide bonds. The number of hydrogen-bond donors (Lipinski definition) is 1. The van der Waals surface area contributed by atoms with Crippen LogP contribution in [0.4, 0.5) is 11.4 Å². The van der Waals surface area contributed by atoms with Crippen molar-refractivity contribution in [1.82, 2.24) is 0 Å². The van der Waals surface area contributed by atoms with Crippen LogP contribution in [0.25, 0.3) is 6.08 Å². The minimum absolute atomic E-state index is 0.192. The molecule has 0 spiro atoms. The zero-order chi connectivity index (χ0) is 19.9. The highest BCUT2D eigenvalue weighted by Crippen LogP contribution is 2.28. The molecule has 1 N–H and O–H groups in total. The third-order valence-electron chi connectivity index (χ3n) is 4.81. The average molecular weight is 382 g/mol. The monoisotopic (exact) mass is 382 g/mol. The second-order valence-corrected chi connectivity index (χ2v) is 6.58. The first-order chi connectivity index (χ1) is 13.6. The second kappa shape index (κ2) is 9.28. The van der Waals surface area contributed by atoms with Crippen molar-refractivity contribution in [3.8, 4) is 11.5 Å². The lowest BCUT2D eigenvalue weighted by molar-refractivity contribution is -0.111. The lowest BCUT2D eigenvalue weighted by Gasteiger charge is -2.18. The first kappa shape index (κ1) is 19.8. The number of carbonyl (C=O) groups is 1. The van der Waals surface area contributed by atoms with Crippen molar-refractivity contribution in [3.63, 3.8) is 0 Å². The molecule has 2 aromatic carbocycles. The van der Waals surface area contributed by atoms with Gasteiger partial charge in [0, 0.05) is 37.7 Å². The summed E-state index contributed by atoms with van der Waals surface area (Å²) in [5.74, 6) is 1.08. The number of nitrogens with zero attached hydrogens (tertiary/aromatic N) is 1. The predicted octanol–water partition coefficient (Wildman–Crippen LogP) is 3.58. The van der Waals surface area contributed by atoms with Gasteiger partial charge in [0.1, 0.15) is 0 Å². The third-order valence-corrected chi connectivity index (χ3v) is 4.81. The van der Waals surface area contributed by atoms with E-state index in [0.717, 1.165) is 36.4 Å². The summed E-state index contributed by atoms with van der Waals surface area (Å²) in [5, 5.41) is 2.88. The fourth-order valence-corrected chi connectivity index (χ4v) is 3.22. The molecule has 0 bridgehead atoms. The van der Waals surface area contributed by atoms with Crippen molar-refractivity contribution in [3.05, 3.63) is 54.1 Å². The molecule has 1 heterocycles. The van der Waals surface area contributed by atoms with Gasteiger partial charge in [-0.25, -0.2) is 0 Å². The minimum atomic E-state index is -0.192. The smallest absolute Gasteiger partial charge is 0.248 e. The van der Waals surface area contributed by atoms with E-state index in [9.17, 15) is 4.79 Å². The molecule has 3 rings (SSSR count). The molecular formula is C22H26N2O4. The highest BCUT2D eigenvalue weighted by Gasteiger charge is 2.21. The van der Waals surface area contributed by atoms with Crippen LogP contribution in [0.3, 0.4) is 0 Å². The summed E-state index contributed by atoms with van der Waals surface area (Å²) in [6.07, 6.45) is 4.57. The van der Waals surface area contributed by atoms with Crippen LogP contribution >= 0.6 is 0 Å². The van der Waals surface area contributed by atoms with Gasteiger partial charge >= 0.3 is 0 Å². The van der Waals surface area contributed by atoms with Crippen LogP contribution in [0.2, 0.25) is 0 Å². The quantitative estimate of drug-likeness (QED) is 0.742. The fraction of sp³-hybridized carbons (Fsp3) is 0.318. The van der Waals surface area contributed by atoms with E-state index >= 15 is 0 Å². The molecule has 1 aliphatic heterocycles. The maximum atomic E-state index is 12.2. The van der Waals surface area contributed by atoms with Crippen LogP contribution in [0.5, 0.6) is 11.5 Å². The van der Waals surface area contributed by atoms with Gasteiger partial charge in [-0.1, -0.05) is 6.07 Å². The summed E-state index contributed by atoms with van der Waals surface area (Å²) in [4.78, 5) is 14.5. The van der Waals surface area contributed by atoms with E-state index in [1.54, 1.807) is 27.4 Å². The SMILES string of the molecule is COc1ccc(/C=C/C(=O)Nc2ccc(N3CCC(OC)C3)cc2)cc1OC. The van der Waals surface area contributed by atoms with Gasteiger partial charge < -0.3 is 24.4 Å². The maximum absolute atomic E-state index is 12.2. The summed E-state index contributed by atoms with van der Waals surface area (Å²) in [6, 6.07) is 13.4. The van der Waals surface area contributed by atoms with Gasteiger partial charge in [0.25, 0.3) is 0 Å². The number of anilines is 2. The second-order valence-electron chi connectivity index (χ2n) is 6.58. The standard InChI is InChI=1S/C22H26N2O4/c1-26-19-12-13-24(15-19)18-8-6-17(7-9-18)23-22(25)11-5-16-4-10-20(27-2)21(14-16)28-3/h4-11,14,19H,12-13,15H2,1-3H3,(H,23,25)/b11-5+. The number of methoxy groups -OCH3 is 3. The molecule has 0 saturated carbocycles. The van der Waals surface area contributed by atoms with Crippen molar-refractivity contribution in [2.45, 2.75) is 12.5 Å². The molecule has 1 fully saturated rings. The van der Waals surface area contributed by atoms with E-state index in [4.69, 9.17) is 14.2 Å². The molecule has 0 radical (unpaired) electrons. The Balaban J connectivity index is 1.58. The molecule has 1 saturated heterocycles. The van der Waals surface area contributed by atoms with E-state index in [0.29, 0.717) is 17.6 Å². The summed E-state index contributed by atoms with van der Waals surface area (Å²) in [5.41, 5.74) is 2.75. The molecule has 28 heavy (non-hydrogen) atoms. The van der Waals surface area contributed by atoms with Crippen LogP contribution in [0, 0.1) is 0 Å². The van der Waals surface area contributed by atoms with Gasteiger partial charge in [0.05, 0.1) is 20.3 Å². The van der Waals surface area contributed by atoms with E-state index in [1.165, 1.54) is 6.08 Å². The Morgan fingerprint density at radius 2 is 1.82 bits per heavy atom. The largest absolute Gasteiger partial charge is 0.493 e. The van der Waals surface area contributed by atoms with Gasteiger partial charge in [-0.05, 0) is 54.5 Å². The normalized spacial score (nSPS) is 16.4. The highest BCUT2D eigenvalue weighted by atomic mass is 16.5. The van der Waals surface area contributed by atoms with E-state index in [2.05, 4.69) is 10.2 Å². The van der Waals surface area contributed by atoms with E-state index < -0.39 is 0 Å². The Labute approximate surface area is 165 Å². The molecule has 0 aromatic heterocycles. The highest BCUT2D eigenvalue weighted by molar-refractivity contribution is 6.02. The Bertz CT molecular complexity index is 833. The van der Waals surface area contributed by atoms with Crippen LogP contribution in [-0.2, 0) is 9.53 Å². The molecule has 0 aliphatic carbocycles. The van der Waals surface area contributed by atoms with Crippen LogP contribution in [-0.4, -0.2) is 46.4 Å². The van der Waals surface area contributed by atoms with Crippen LogP contribution in [0.15, 0.2) is 48.5 Å². The predicted molar refractivity (Wildman–Crippen MR) is 111 cm³/mol. The number of hydrogen-bond acceptors (Lipinski definition) is 5. The van der Waals surface area contributed by atoms with Gasteiger partial charge in [-0.15, -0.1) is 0 Å². The fourth-order valence-electron chi connectivity index (χ4n) is 3.22. The van der Waals surface area contributed by atoms with Crippen LogP contribution in [0.1, 0.15) is 12.0 Å².